The molecule has 0 fully saturated rings. The van der Waals surface area contributed by atoms with Crippen LogP contribution in [0.1, 0.15) is 23.7 Å². The fourth-order valence-corrected chi connectivity index (χ4v) is 5.60. The molecule has 1 unspecified atom stereocenters. The summed E-state index contributed by atoms with van der Waals surface area (Å²) < 4.78 is 34.8. The molecule has 0 saturated heterocycles. The molecule has 0 aliphatic carbocycles. The molecule has 3 aromatic carbocycles. The first-order valence-electron chi connectivity index (χ1n) is 12.8. The van der Waals surface area contributed by atoms with E-state index in [1.807, 2.05) is 18.2 Å². The van der Waals surface area contributed by atoms with Gasteiger partial charge in [0.2, 0.25) is 10.0 Å². The number of carboxylic acids is 1. The molecule has 4 rings (SSSR count). The van der Waals surface area contributed by atoms with Crippen LogP contribution in [0.4, 0.5) is 10.5 Å². The number of anilines is 1. The Morgan fingerprint density at radius 1 is 0.927 bits per heavy atom. The van der Waals surface area contributed by atoms with Crippen LogP contribution in [0.25, 0.3) is 11.1 Å². The lowest BCUT2D eigenvalue weighted by molar-refractivity contribution is -0.137. The Morgan fingerprint density at radius 3 is 2.29 bits per heavy atom. The number of ether oxygens (including phenoxy) is 1. The molecule has 0 bridgehead atoms. The number of pyridine rings is 1. The Hall–Kier alpha value is -4.74. The molecular weight excluding hydrogens is 544 g/mol. The number of methoxy groups -OCH3 is 1. The predicted octanol–water partition coefficient (Wildman–Crippen LogP) is 4.62. The van der Waals surface area contributed by atoms with E-state index in [2.05, 4.69) is 20.3 Å². The number of nitrogens with one attached hydrogen (secondary N) is 3. The van der Waals surface area contributed by atoms with Crippen molar-refractivity contribution in [3.8, 4) is 16.9 Å². The second kappa shape index (κ2) is 13.6. The maximum Gasteiger partial charge on any atom is 0.319 e. The van der Waals surface area contributed by atoms with Crippen molar-refractivity contribution in [1.29, 1.82) is 0 Å². The van der Waals surface area contributed by atoms with E-state index >= 15 is 0 Å². The van der Waals surface area contributed by atoms with E-state index in [0.29, 0.717) is 35.3 Å². The Balaban J connectivity index is 1.48. The summed E-state index contributed by atoms with van der Waals surface area (Å²) in [6.45, 7) is 0.426. The zero-order valence-corrected chi connectivity index (χ0v) is 23.1. The van der Waals surface area contributed by atoms with E-state index < -0.39 is 28.5 Å². The fraction of sp³-hybridized carbons (Fsp3) is 0.167. The molecule has 1 aromatic heterocycles. The van der Waals surface area contributed by atoms with Crippen molar-refractivity contribution in [3.05, 3.63) is 108 Å². The van der Waals surface area contributed by atoms with Gasteiger partial charge in [-0.1, -0.05) is 54.6 Å². The van der Waals surface area contributed by atoms with Crippen LogP contribution >= 0.6 is 0 Å². The van der Waals surface area contributed by atoms with Crippen LogP contribution in [0.2, 0.25) is 0 Å². The molecule has 0 radical (unpaired) electrons. The standard InChI is InChI=1S/C30H30N4O6S/c1-40-27-15-12-23(19-28(27)41(38,39)34-26(20-29(35)36)22-7-3-2-4-8-22)21-10-13-25(14-11-21)33-30(37)32-18-16-24-9-5-6-17-31-24/h2-15,17,19,26,34H,16,18,20H2,1H3,(H,35,36)(H2,32,33,37). The third-order valence-electron chi connectivity index (χ3n) is 6.20. The Labute approximate surface area is 238 Å². The van der Waals surface area contributed by atoms with Crippen molar-refractivity contribution in [2.45, 2.75) is 23.8 Å². The van der Waals surface area contributed by atoms with Gasteiger partial charge in [0.1, 0.15) is 10.6 Å². The Morgan fingerprint density at radius 2 is 1.63 bits per heavy atom. The van der Waals surface area contributed by atoms with E-state index in [0.717, 1.165) is 5.69 Å². The van der Waals surface area contributed by atoms with Gasteiger partial charge in [0.15, 0.2) is 0 Å². The highest BCUT2D eigenvalue weighted by Gasteiger charge is 2.26. The van der Waals surface area contributed by atoms with Crippen molar-refractivity contribution in [2.24, 2.45) is 0 Å². The fourth-order valence-electron chi connectivity index (χ4n) is 4.18. The third kappa shape index (κ3) is 8.13. The van der Waals surface area contributed by atoms with E-state index in [4.69, 9.17) is 4.74 Å². The zero-order chi connectivity index (χ0) is 29.2. The van der Waals surface area contributed by atoms with Gasteiger partial charge in [0, 0.05) is 30.5 Å². The Bertz CT molecular complexity index is 1580. The highest BCUT2D eigenvalue weighted by Crippen LogP contribution is 2.32. The van der Waals surface area contributed by atoms with Crippen molar-refractivity contribution >= 4 is 27.7 Å². The highest BCUT2D eigenvalue weighted by molar-refractivity contribution is 7.89. The molecule has 4 aromatic rings. The minimum absolute atomic E-state index is 0.115. The summed E-state index contributed by atoms with van der Waals surface area (Å²) in [7, 11) is -2.82. The first-order valence-corrected chi connectivity index (χ1v) is 14.3. The monoisotopic (exact) mass is 574 g/mol. The van der Waals surface area contributed by atoms with Crippen molar-refractivity contribution in [2.75, 3.05) is 19.0 Å². The summed E-state index contributed by atoms with van der Waals surface area (Å²) in [5.74, 6) is -1.03. The summed E-state index contributed by atoms with van der Waals surface area (Å²) >= 11 is 0. The molecule has 1 heterocycles. The summed E-state index contributed by atoms with van der Waals surface area (Å²) in [4.78, 5) is 27.9. The van der Waals surface area contributed by atoms with Crippen LogP contribution in [0, 0.1) is 0 Å². The Kier molecular flexibility index (Phi) is 9.67. The topological polar surface area (TPSA) is 147 Å². The number of hydrogen-bond acceptors (Lipinski definition) is 6. The number of aromatic nitrogens is 1. The largest absolute Gasteiger partial charge is 0.495 e. The molecule has 41 heavy (non-hydrogen) atoms. The summed E-state index contributed by atoms with van der Waals surface area (Å²) in [6, 6.07) is 24.5. The maximum atomic E-state index is 13.5. The number of rotatable bonds is 12. The number of amides is 2. The number of benzene rings is 3. The minimum atomic E-state index is -4.19. The van der Waals surface area contributed by atoms with Gasteiger partial charge in [0.25, 0.3) is 0 Å². The molecule has 11 heteroatoms. The quantitative estimate of drug-likeness (QED) is 0.193. The van der Waals surface area contributed by atoms with Gasteiger partial charge in [-0.25, -0.2) is 17.9 Å². The number of nitrogens with zero attached hydrogens (tertiary/aromatic N) is 1. The van der Waals surface area contributed by atoms with Crippen molar-refractivity contribution in [1.82, 2.24) is 15.0 Å². The average Bonchev–Trinajstić information content (AvgIpc) is 2.97. The molecule has 10 nitrogen and oxygen atoms in total. The van der Waals surface area contributed by atoms with Crippen molar-refractivity contribution < 1.29 is 27.9 Å². The minimum Gasteiger partial charge on any atom is -0.495 e. The number of urea groups is 1. The number of sulfonamides is 1. The van der Waals surface area contributed by atoms with Gasteiger partial charge in [-0.05, 0) is 53.1 Å². The molecule has 4 N–H and O–H groups in total. The number of aliphatic carboxylic acids is 1. The molecule has 0 aliphatic rings. The number of carbonyl (C=O) groups is 2. The van der Waals surface area contributed by atoms with Gasteiger partial charge in [-0.2, -0.15) is 0 Å². The summed E-state index contributed by atoms with van der Waals surface area (Å²) in [6.07, 6.45) is 1.87. The molecule has 2 amide bonds. The average molecular weight is 575 g/mol. The lowest BCUT2D eigenvalue weighted by Gasteiger charge is -2.19. The number of hydrogen-bond donors (Lipinski definition) is 4. The second-order valence-electron chi connectivity index (χ2n) is 9.08. The van der Waals surface area contributed by atoms with Gasteiger partial charge in [-0.15, -0.1) is 0 Å². The normalized spacial score (nSPS) is 11.8. The second-order valence-corrected chi connectivity index (χ2v) is 10.8. The van der Waals surface area contributed by atoms with Gasteiger partial charge in [-0.3, -0.25) is 9.78 Å². The number of carboxylic acid groups (broad SMARTS) is 1. The van der Waals surface area contributed by atoms with Crippen LogP contribution in [-0.2, 0) is 21.2 Å². The molecular formula is C30H30N4O6S. The lowest BCUT2D eigenvalue weighted by Crippen LogP contribution is -2.30. The SMILES string of the molecule is COc1ccc(-c2ccc(NC(=O)NCCc3ccccn3)cc2)cc1S(=O)(=O)NC(CC(=O)O)c1ccccc1. The van der Waals surface area contributed by atoms with E-state index in [9.17, 15) is 23.1 Å². The molecule has 0 saturated carbocycles. The van der Waals surface area contributed by atoms with Crippen LogP contribution < -0.4 is 20.1 Å². The van der Waals surface area contributed by atoms with Crippen LogP contribution in [0.15, 0.2) is 102 Å². The highest BCUT2D eigenvalue weighted by atomic mass is 32.2. The van der Waals surface area contributed by atoms with E-state index in [1.54, 1.807) is 72.9 Å². The van der Waals surface area contributed by atoms with Crippen LogP contribution in [0.3, 0.4) is 0 Å². The lowest BCUT2D eigenvalue weighted by atomic mass is 10.1. The van der Waals surface area contributed by atoms with Gasteiger partial charge < -0.3 is 20.5 Å². The third-order valence-corrected chi connectivity index (χ3v) is 7.69. The number of carbonyl (C=O) groups excluding carboxylic acids is 1. The predicted molar refractivity (Wildman–Crippen MR) is 155 cm³/mol. The smallest absolute Gasteiger partial charge is 0.319 e. The van der Waals surface area contributed by atoms with Crippen LogP contribution in [0.5, 0.6) is 5.75 Å². The molecule has 0 spiro atoms. The van der Waals surface area contributed by atoms with E-state index in [-0.39, 0.29) is 16.7 Å². The van der Waals surface area contributed by atoms with Gasteiger partial charge in [0.05, 0.1) is 19.6 Å². The first-order chi connectivity index (χ1) is 19.7. The van der Waals surface area contributed by atoms with Crippen molar-refractivity contribution in [3.63, 3.8) is 0 Å². The maximum absolute atomic E-state index is 13.5. The summed E-state index contributed by atoms with van der Waals surface area (Å²) in [5, 5.41) is 14.9. The molecule has 1 atom stereocenters. The first kappa shape index (κ1) is 29.2. The van der Waals surface area contributed by atoms with E-state index in [1.165, 1.54) is 13.2 Å². The molecule has 0 aliphatic heterocycles. The molecule has 212 valence electrons. The van der Waals surface area contributed by atoms with Gasteiger partial charge >= 0.3 is 12.0 Å². The summed E-state index contributed by atoms with van der Waals surface area (Å²) in [5.41, 5.74) is 3.26. The zero-order valence-electron chi connectivity index (χ0n) is 22.3. The van der Waals surface area contributed by atoms with Crippen LogP contribution in [-0.4, -0.2) is 44.2 Å².